The molecule has 0 radical (unpaired) electrons. The Bertz CT molecular complexity index is 1120. The molecule has 0 spiro atoms. The first-order chi connectivity index (χ1) is 13.8. The van der Waals surface area contributed by atoms with Crippen molar-refractivity contribution in [2.45, 2.75) is 11.3 Å². The van der Waals surface area contributed by atoms with Gasteiger partial charge in [-0.15, -0.1) is 0 Å². The predicted molar refractivity (Wildman–Crippen MR) is 116 cm³/mol. The number of benzene rings is 3. The largest absolute Gasteiger partial charge is 0.352 e. The van der Waals surface area contributed by atoms with Gasteiger partial charge in [-0.1, -0.05) is 53.5 Å². The molecule has 8 heteroatoms. The maximum atomic E-state index is 12.6. The third-order valence-corrected chi connectivity index (χ3v) is 6.08. The molecule has 3 aromatic rings. The summed E-state index contributed by atoms with van der Waals surface area (Å²) >= 11 is 11.9. The van der Waals surface area contributed by atoms with E-state index in [-0.39, 0.29) is 27.1 Å². The zero-order chi connectivity index (χ0) is 20.9. The number of hydrogen-bond donors (Lipinski definition) is 2. The number of para-hydroxylation sites is 1. The Labute approximate surface area is 179 Å². The molecular weight excluding hydrogens is 431 g/mol. The molecule has 150 valence electrons. The number of rotatable bonds is 7. The molecular formula is C21H18Cl2N2O3S. The van der Waals surface area contributed by atoms with Crippen molar-refractivity contribution < 1.29 is 13.2 Å². The summed E-state index contributed by atoms with van der Waals surface area (Å²) in [7, 11) is -3.89. The van der Waals surface area contributed by atoms with Gasteiger partial charge in [-0.2, -0.15) is 0 Å². The first-order valence-corrected chi connectivity index (χ1v) is 11.0. The Hall–Kier alpha value is -2.54. The second-order valence-corrected chi connectivity index (χ2v) is 8.77. The number of carbonyl (C=O) groups is 1. The van der Waals surface area contributed by atoms with Crippen LogP contribution in [-0.2, 0) is 16.4 Å². The van der Waals surface area contributed by atoms with Crippen LogP contribution >= 0.6 is 23.2 Å². The molecule has 1 amide bonds. The van der Waals surface area contributed by atoms with E-state index in [1.165, 1.54) is 18.2 Å². The summed E-state index contributed by atoms with van der Waals surface area (Å²) in [6.07, 6.45) is 0.634. The Morgan fingerprint density at radius 1 is 0.897 bits per heavy atom. The van der Waals surface area contributed by atoms with Crippen LogP contribution in [0.1, 0.15) is 15.9 Å². The quantitative estimate of drug-likeness (QED) is 0.546. The van der Waals surface area contributed by atoms with Gasteiger partial charge in [0, 0.05) is 17.1 Å². The first-order valence-electron chi connectivity index (χ1n) is 8.75. The molecule has 0 atom stereocenters. The normalized spacial score (nSPS) is 11.1. The smallest absolute Gasteiger partial charge is 0.261 e. The highest BCUT2D eigenvalue weighted by Gasteiger charge is 2.17. The minimum atomic E-state index is -3.89. The van der Waals surface area contributed by atoms with Gasteiger partial charge in [0.05, 0.1) is 15.6 Å². The van der Waals surface area contributed by atoms with E-state index in [1.54, 1.807) is 42.5 Å². The van der Waals surface area contributed by atoms with Gasteiger partial charge < -0.3 is 5.32 Å². The molecule has 0 aliphatic heterocycles. The van der Waals surface area contributed by atoms with E-state index in [9.17, 15) is 13.2 Å². The fraction of sp³-hybridized carbons (Fsp3) is 0.0952. The molecule has 0 saturated heterocycles. The number of sulfonamides is 1. The summed E-state index contributed by atoms with van der Waals surface area (Å²) in [5.41, 5.74) is 1.56. The molecule has 0 saturated carbocycles. The van der Waals surface area contributed by atoms with Crippen molar-refractivity contribution in [2.24, 2.45) is 0 Å². The van der Waals surface area contributed by atoms with Gasteiger partial charge >= 0.3 is 0 Å². The molecule has 3 aromatic carbocycles. The molecule has 0 unspecified atom stereocenters. The highest BCUT2D eigenvalue weighted by Crippen LogP contribution is 2.24. The van der Waals surface area contributed by atoms with Crippen LogP contribution in [-0.4, -0.2) is 20.9 Å². The van der Waals surface area contributed by atoms with Crippen molar-refractivity contribution >= 4 is 44.8 Å². The Morgan fingerprint density at radius 2 is 1.62 bits per heavy atom. The summed E-state index contributed by atoms with van der Waals surface area (Å²) in [6, 6.07) is 19.7. The monoisotopic (exact) mass is 448 g/mol. The molecule has 2 N–H and O–H groups in total. The SMILES string of the molecule is O=C(NCCc1ccc(Cl)cc1)c1cccc(S(=O)(=O)Nc2ccccc2Cl)c1. The van der Waals surface area contributed by atoms with Gasteiger partial charge in [-0.05, 0) is 54.4 Å². The Morgan fingerprint density at radius 3 is 2.34 bits per heavy atom. The van der Waals surface area contributed by atoms with Crippen LogP contribution in [0.5, 0.6) is 0 Å². The second kappa shape index (κ2) is 9.31. The standard InChI is InChI=1S/C21H18Cl2N2O3S/c22-17-10-8-15(9-11-17)12-13-24-21(26)16-4-3-5-18(14-16)29(27,28)25-20-7-2-1-6-19(20)23/h1-11,14,25H,12-13H2,(H,24,26). The number of halogens is 2. The molecule has 3 rings (SSSR count). The maximum absolute atomic E-state index is 12.6. The van der Waals surface area contributed by atoms with E-state index in [0.29, 0.717) is 18.0 Å². The third kappa shape index (κ3) is 5.73. The van der Waals surface area contributed by atoms with E-state index < -0.39 is 10.0 Å². The summed E-state index contributed by atoms with van der Waals surface area (Å²) in [6.45, 7) is 0.412. The van der Waals surface area contributed by atoms with Crippen molar-refractivity contribution in [2.75, 3.05) is 11.3 Å². The maximum Gasteiger partial charge on any atom is 0.261 e. The first kappa shape index (κ1) is 21.2. The molecule has 0 aliphatic rings. The van der Waals surface area contributed by atoms with E-state index in [2.05, 4.69) is 10.0 Å². The molecule has 0 bridgehead atoms. The molecule has 29 heavy (non-hydrogen) atoms. The van der Waals surface area contributed by atoms with E-state index in [0.717, 1.165) is 5.56 Å². The van der Waals surface area contributed by atoms with Gasteiger partial charge in [-0.25, -0.2) is 8.42 Å². The number of nitrogens with one attached hydrogen (secondary N) is 2. The summed E-state index contributed by atoms with van der Waals surface area (Å²) in [5, 5.41) is 3.73. The number of anilines is 1. The third-order valence-electron chi connectivity index (χ3n) is 4.14. The fourth-order valence-electron chi connectivity index (χ4n) is 2.63. The molecule has 0 fully saturated rings. The van der Waals surface area contributed by atoms with Crippen molar-refractivity contribution in [3.8, 4) is 0 Å². The lowest BCUT2D eigenvalue weighted by Gasteiger charge is -2.11. The summed E-state index contributed by atoms with van der Waals surface area (Å²) in [4.78, 5) is 12.4. The highest BCUT2D eigenvalue weighted by molar-refractivity contribution is 7.92. The minimum Gasteiger partial charge on any atom is -0.352 e. The minimum absolute atomic E-state index is 0.0252. The van der Waals surface area contributed by atoms with E-state index in [1.807, 2.05) is 12.1 Å². The topological polar surface area (TPSA) is 75.3 Å². The lowest BCUT2D eigenvalue weighted by Crippen LogP contribution is -2.26. The summed E-state index contributed by atoms with van der Waals surface area (Å²) in [5.74, 6) is -0.353. The number of carbonyl (C=O) groups excluding carboxylic acids is 1. The van der Waals surface area contributed by atoms with Crippen LogP contribution < -0.4 is 10.0 Å². The van der Waals surface area contributed by atoms with Crippen molar-refractivity contribution in [3.63, 3.8) is 0 Å². The van der Waals surface area contributed by atoms with Gasteiger partial charge in [-0.3, -0.25) is 9.52 Å². The Kier molecular flexibility index (Phi) is 6.79. The van der Waals surface area contributed by atoms with E-state index in [4.69, 9.17) is 23.2 Å². The lowest BCUT2D eigenvalue weighted by molar-refractivity contribution is 0.0954. The van der Waals surface area contributed by atoms with Crippen LogP contribution in [0.3, 0.4) is 0 Å². The van der Waals surface area contributed by atoms with Crippen LogP contribution in [0.15, 0.2) is 77.7 Å². The average Bonchev–Trinajstić information content (AvgIpc) is 2.71. The van der Waals surface area contributed by atoms with Gasteiger partial charge in [0.15, 0.2) is 0 Å². The zero-order valence-corrected chi connectivity index (χ0v) is 17.6. The van der Waals surface area contributed by atoms with Gasteiger partial charge in [0.1, 0.15) is 0 Å². The Balaban J connectivity index is 1.67. The highest BCUT2D eigenvalue weighted by atomic mass is 35.5. The number of amides is 1. The van der Waals surface area contributed by atoms with Gasteiger partial charge in [0.2, 0.25) is 0 Å². The fourth-order valence-corrected chi connectivity index (χ4v) is 4.12. The molecule has 0 aromatic heterocycles. The molecule has 0 heterocycles. The average molecular weight is 449 g/mol. The predicted octanol–water partition coefficient (Wildman–Crippen LogP) is 4.77. The summed E-state index contributed by atoms with van der Waals surface area (Å²) < 4.78 is 27.7. The van der Waals surface area contributed by atoms with Gasteiger partial charge in [0.25, 0.3) is 15.9 Å². The van der Waals surface area contributed by atoms with Crippen LogP contribution in [0.4, 0.5) is 5.69 Å². The van der Waals surface area contributed by atoms with Crippen LogP contribution in [0, 0.1) is 0 Å². The van der Waals surface area contributed by atoms with Crippen molar-refractivity contribution in [1.82, 2.24) is 5.32 Å². The molecule has 5 nitrogen and oxygen atoms in total. The van der Waals surface area contributed by atoms with E-state index >= 15 is 0 Å². The second-order valence-electron chi connectivity index (χ2n) is 6.25. The molecule has 0 aliphatic carbocycles. The van der Waals surface area contributed by atoms with Crippen LogP contribution in [0.2, 0.25) is 10.0 Å². The zero-order valence-electron chi connectivity index (χ0n) is 15.2. The van der Waals surface area contributed by atoms with Crippen LogP contribution in [0.25, 0.3) is 0 Å². The number of hydrogen-bond acceptors (Lipinski definition) is 3. The van der Waals surface area contributed by atoms with Crippen molar-refractivity contribution in [1.29, 1.82) is 0 Å². The van der Waals surface area contributed by atoms with Crippen molar-refractivity contribution in [3.05, 3.63) is 94.0 Å². The lowest BCUT2D eigenvalue weighted by atomic mass is 10.1.